The van der Waals surface area contributed by atoms with Crippen molar-refractivity contribution in [3.05, 3.63) is 29.3 Å². The van der Waals surface area contributed by atoms with Crippen molar-refractivity contribution in [3.8, 4) is 18.1 Å². The largest absolute Gasteiger partial charge is 0.481 e. The van der Waals surface area contributed by atoms with Gasteiger partial charge in [-0.05, 0) is 24.1 Å². The Morgan fingerprint density at radius 3 is 3.20 bits per heavy atom. The summed E-state index contributed by atoms with van der Waals surface area (Å²) in [6.07, 6.45) is 5.96. The van der Waals surface area contributed by atoms with Crippen molar-refractivity contribution < 1.29 is 9.53 Å². The molecule has 0 radical (unpaired) electrons. The van der Waals surface area contributed by atoms with Gasteiger partial charge < -0.3 is 10.1 Å². The van der Waals surface area contributed by atoms with Crippen molar-refractivity contribution in [2.24, 2.45) is 0 Å². The number of terminal acetylenes is 1. The van der Waals surface area contributed by atoms with Crippen LogP contribution in [0, 0.1) is 12.3 Å². The van der Waals surface area contributed by atoms with Gasteiger partial charge in [-0.1, -0.05) is 12.0 Å². The van der Waals surface area contributed by atoms with E-state index in [0.29, 0.717) is 17.9 Å². The summed E-state index contributed by atoms with van der Waals surface area (Å²) in [6.45, 7) is 0.927. The Morgan fingerprint density at radius 1 is 1.53 bits per heavy atom. The summed E-state index contributed by atoms with van der Waals surface area (Å²) in [5.74, 6) is 2.99. The van der Waals surface area contributed by atoms with Crippen LogP contribution in [0.1, 0.15) is 15.9 Å². The van der Waals surface area contributed by atoms with Gasteiger partial charge in [0.25, 0.3) is 5.91 Å². The van der Waals surface area contributed by atoms with Gasteiger partial charge in [0.1, 0.15) is 12.4 Å². The van der Waals surface area contributed by atoms with Gasteiger partial charge >= 0.3 is 0 Å². The van der Waals surface area contributed by atoms with Crippen molar-refractivity contribution in [1.29, 1.82) is 0 Å². The van der Waals surface area contributed by atoms with Crippen LogP contribution in [-0.2, 0) is 6.42 Å². The summed E-state index contributed by atoms with van der Waals surface area (Å²) < 4.78 is 5.25. The maximum atomic E-state index is 11.5. The molecule has 0 spiro atoms. The first-order valence-corrected chi connectivity index (χ1v) is 4.78. The van der Waals surface area contributed by atoms with Gasteiger partial charge in [-0.3, -0.25) is 4.79 Å². The fourth-order valence-electron chi connectivity index (χ4n) is 1.61. The number of carbonyl (C=O) groups is 1. The molecule has 0 aromatic heterocycles. The van der Waals surface area contributed by atoms with Crippen molar-refractivity contribution in [2.45, 2.75) is 6.42 Å². The zero-order valence-electron chi connectivity index (χ0n) is 8.25. The summed E-state index contributed by atoms with van der Waals surface area (Å²) in [4.78, 5) is 11.5. The van der Waals surface area contributed by atoms with Crippen LogP contribution in [0.15, 0.2) is 18.2 Å². The molecule has 1 aromatic carbocycles. The Morgan fingerprint density at radius 2 is 2.40 bits per heavy atom. The SMILES string of the molecule is C#CCOc1ccc2c(c1)C(=O)NCC2. The molecule has 0 atom stereocenters. The van der Waals surface area contributed by atoms with E-state index in [-0.39, 0.29) is 12.5 Å². The Bertz CT molecular complexity index is 432. The predicted molar refractivity (Wildman–Crippen MR) is 56.8 cm³/mol. The number of rotatable bonds is 2. The van der Waals surface area contributed by atoms with E-state index in [1.165, 1.54) is 0 Å². The fourth-order valence-corrected chi connectivity index (χ4v) is 1.61. The van der Waals surface area contributed by atoms with Gasteiger partial charge in [-0.25, -0.2) is 0 Å². The van der Waals surface area contributed by atoms with Crippen LogP contribution < -0.4 is 10.1 Å². The van der Waals surface area contributed by atoms with Crippen molar-refractivity contribution in [2.75, 3.05) is 13.2 Å². The highest BCUT2D eigenvalue weighted by atomic mass is 16.5. The first-order valence-electron chi connectivity index (χ1n) is 4.78. The molecular formula is C12H11NO2. The minimum absolute atomic E-state index is 0.0394. The van der Waals surface area contributed by atoms with Crippen molar-refractivity contribution in [3.63, 3.8) is 0 Å². The third-order valence-corrected chi connectivity index (χ3v) is 2.33. The lowest BCUT2D eigenvalue weighted by Gasteiger charge is -2.16. The Kier molecular flexibility index (Phi) is 2.59. The average molecular weight is 201 g/mol. The monoisotopic (exact) mass is 201 g/mol. The predicted octanol–water partition coefficient (Wildman–Crippen LogP) is 0.984. The summed E-state index contributed by atoms with van der Waals surface area (Å²) in [5.41, 5.74) is 1.75. The molecule has 76 valence electrons. The van der Waals surface area contributed by atoms with Gasteiger partial charge in [0.2, 0.25) is 0 Å². The fraction of sp³-hybridized carbons (Fsp3) is 0.250. The van der Waals surface area contributed by atoms with Crippen LogP contribution in [-0.4, -0.2) is 19.1 Å². The van der Waals surface area contributed by atoms with E-state index in [9.17, 15) is 4.79 Å². The number of amides is 1. The molecule has 0 bridgehead atoms. The molecule has 1 N–H and O–H groups in total. The molecule has 1 aliphatic rings. The molecular weight excluding hydrogens is 190 g/mol. The zero-order valence-corrected chi connectivity index (χ0v) is 8.25. The number of fused-ring (bicyclic) bond motifs is 1. The maximum absolute atomic E-state index is 11.5. The summed E-state index contributed by atoms with van der Waals surface area (Å²) >= 11 is 0. The van der Waals surface area contributed by atoms with Gasteiger partial charge in [-0.15, -0.1) is 6.42 Å². The molecule has 0 aliphatic carbocycles. The minimum Gasteiger partial charge on any atom is -0.481 e. The van der Waals surface area contributed by atoms with E-state index >= 15 is 0 Å². The zero-order chi connectivity index (χ0) is 10.7. The second kappa shape index (κ2) is 4.05. The summed E-state index contributed by atoms with van der Waals surface area (Å²) in [7, 11) is 0. The van der Waals surface area contributed by atoms with Gasteiger partial charge in [0, 0.05) is 12.1 Å². The van der Waals surface area contributed by atoms with Gasteiger partial charge in [0.15, 0.2) is 0 Å². The summed E-state index contributed by atoms with van der Waals surface area (Å²) in [5, 5.41) is 2.79. The number of hydrogen-bond acceptors (Lipinski definition) is 2. The lowest BCUT2D eigenvalue weighted by Crippen LogP contribution is -2.31. The molecule has 3 nitrogen and oxygen atoms in total. The Balaban J connectivity index is 2.28. The van der Waals surface area contributed by atoms with Crippen LogP contribution in [0.2, 0.25) is 0 Å². The number of hydrogen-bond donors (Lipinski definition) is 1. The van der Waals surface area contributed by atoms with E-state index in [2.05, 4.69) is 11.2 Å². The molecule has 1 amide bonds. The lowest BCUT2D eigenvalue weighted by molar-refractivity contribution is 0.0945. The highest BCUT2D eigenvalue weighted by Gasteiger charge is 2.16. The Hall–Kier alpha value is -1.95. The quantitative estimate of drug-likeness (QED) is 0.724. The molecule has 0 saturated heterocycles. The molecule has 2 rings (SSSR count). The highest BCUT2D eigenvalue weighted by Crippen LogP contribution is 2.20. The van der Waals surface area contributed by atoms with E-state index in [1.54, 1.807) is 6.07 Å². The number of benzene rings is 1. The van der Waals surface area contributed by atoms with Crippen LogP contribution >= 0.6 is 0 Å². The molecule has 1 aromatic rings. The summed E-state index contributed by atoms with van der Waals surface area (Å²) in [6, 6.07) is 5.50. The third kappa shape index (κ3) is 1.94. The minimum atomic E-state index is -0.0394. The first-order chi connectivity index (χ1) is 7.31. The van der Waals surface area contributed by atoms with E-state index in [0.717, 1.165) is 12.0 Å². The first kappa shape index (κ1) is 9.60. The van der Waals surface area contributed by atoms with Gasteiger partial charge in [-0.2, -0.15) is 0 Å². The van der Waals surface area contributed by atoms with Crippen molar-refractivity contribution in [1.82, 2.24) is 5.32 Å². The van der Waals surface area contributed by atoms with Crippen LogP contribution in [0.25, 0.3) is 0 Å². The number of ether oxygens (including phenoxy) is 1. The van der Waals surface area contributed by atoms with E-state index in [4.69, 9.17) is 11.2 Å². The molecule has 0 unspecified atom stereocenters. The highest BCUT2D eigenvalue weighted by molar-refractivity contribution is 5.97. The molecule has 0 saturated carbocycles. The second-order valence-electron chi connectivity index (χ2n) is 3.32. The molecule has 1 heterocycles. The van der Waals surface area contributed by atoms with Crippen LogP contribution in [0.3, 0.4) is 0 Å². The maximum Gasteiger partial charge on any atom is 0.251 e. The Labute approximate surface area is 88.4 Å². The second-order valence-corrected chi connectivity index (χ2v) is 3.32. The standard InChI is InChI=1S/C12H11NO2/c1-2-7-15-10-4-3-9-5-6-13-12(14)11(9)8-10/h1,3-4,8H,5-7H2,(H,13,14). The van der Waals surface area contributed by atoms with Crippen LogP contribution in [0.4, 0.5) is 0 Å². The molecule has 1 aliphatic heterocycles. The molecule has 3 heteroatoms. The average Bonchev–Trinajstić information content (AvgIpc) is 2.27. The smallest absolute Gasteiger partial charge is 0.251 e. The van der Waals surface area contributed by atoms with Crippen molar-refractivity contribution >= 4 is 5.91 Å². The third-order valence-electron chi connectivity index (χ3n) is 2.33. The van der Waals surface area contributed by atoms with Gasteiger partial charge in [0.05, 0.1) is 0 Å². The lowest BCUT2D eigenvalue weighted by atomic mass is 10.0. The number of nitrogens with one attached hydrogen (secondary N) is 1. The topological polar surface area (TPSA) is 38.3 Å². The number of carbonyl (C=O) groups excluding carboxylic acids is 1. The van der Waals surface area contributed by atoms with Crippen LogP contribution in [0.5, 0.6) is 5.75 Å². The molecule has 0 fully saturated rings. The molecule has 15 heavy (non-hydrogen) atoms. The normalized spacial score (nSPS) is 13.7. The van der Waals surface area contributed by atoms with E-state index in [1.807, 2.05) is 12.1 Å². The van der Waals surface area contributed by atoms with E-state index < -0.39 is 0 Å².